The number of rotatable bonds is 8. The predicted molar refractivity (Wildman–Crippen MR) is 127 cm³/mol. The van der Waals surface area contributed by atoms with E-state index in [4.69, 9.17) is 9.15 Å². The number of thioether (sulfide) groups is 1. The van der Waals surface area contributed by atoms with Gasteiger partial charge in [-0.2, -0.15) is 0 Å². The molecule has 1 N–H and O–H groups in total. The molecule has 0 saturated heterocycles. The van der Waals surface area contributed by atoms with Crippen LogP contribution in [0.5, 0.6) is 5.75 Å². The molecule has 5 nitrogen and oxygen atoms in total. The van der Waals surface area contributed by atoms with Gasteiger partial charge in [-0.05, 0) is 49.4 Å². The minimum atomic E-state index is -0.147. The van der Waals surface area contributed by atoms with Crippen molar-refractivity contribution in [1.82, 2.24) is 10.3 Å². The van der Waals surface area contributed by atoms with Crippen molar-refractivity contribution in [3.8, 4) is 17.2 Å². The van der Waals surface area contributed by atoms with Crippen molar-refractivity contribution in [2.24, 2.45) is 0 Å². The number of aryl methyl sites for hydroxylation is 1. The number of para-hydroxylation sites is 1. The Kier molecular flexibility index (Phi) is 6.92. The highest BCUT2D eigenvalue weighted by atomic mass is 32.2. The maximum absolute atomic E-state index is 12.5. The molecular weight excluding hydrogens is 420 g/mol. The molecule has 0 bridgehead atoms. The molecule has 4 aromatic rings. The molecule has 0 atom stereocenters. The molecule has 162 valence electrons. The number of methoxy groups -OCH3 is 1. The quantitative estimate of drug-likeness (QED) is 0.344. The van der Waals surface area contributed by atoms with Crippen molar-refractivity contribution < 1.29 is 13.9 Å². The van der Waals surface area contributed by atoms with E-state index >= 15 is 0 Å². The Morgan fingerprint density at radius 2 is 1.72 bits per heavy atom. The summed E-state index contributed by atoms with van der Waals surface area (Å²) in [5.41, 5.74) is 3.26. The van der Waals surface area contributed by atoms with Gasteiger partial charge in [0, 0.05) is 33.9 Å². The molecular formula is C26H24N2O3S. The minimum Gasteiger partial charge on any atom is -0.496 e. The van der Waals surface area contributed by atoms with Gasteiger partial charge in [0.15, 0.2) is 0 Å². The Balaban J connectivity index is 1.39. The lowest BCUT2D eigenvalue weighted by Gasteiger charge is -2.09. The van der Waals surface area contributed by atoms with Crippen LogP contribution in [-0.2, 0) is 12.3 Å². The molecule has 1 heterocycles. The third-order valence-corrected chi connectivity index (χ3v) is 6.06. The number of benzene rings is 3. The largest absolute Gasteiger partial charge is 0.496 e. The van der Waals surface area contributed by atoms with Gasteiger partial charge < -0.3 is 14.5 Å². The van der Waals surface area contributed by atoms with Crippen LogP contribution in [0.1, 0.15) is 27.4 Å². The number of amides is 1. The second-order valence-electron chi connectivity index (χ2n) is 7.20. The van der Waals surface area contributed by atoms with Gasteiger partial charge in [-0.3, -0.25) is 4.79 Å². The van der Waals surface area contributed by atoms with Crippen LogP contribution in [0.15, 0.2) is 88.2 Å². The Morgan fingerprint density at radius 1 is 1.00 bits per heavy atom. The van der Waals surface area contributed by atoms with Gasteiger partial charge in [-0.25, -0.2) is 4.98 Å². The van der Waals surface area contributed by atoms with Gasteiger partial charge in [0.2, 0.25) is 5.89 Å². The number of carbonyl (C=O) groups excluding carboxylic acids is 1. The smallest absolute Gasteiger partial charge is 0.251 e. The molecule has 32 heavy (non-hydrogen) atoms. The monoisotopic (exact) mass is 444 g/mol. The molecule has 0 saturated carbocycles. The first-order chi connectivity index (χ1) is 15.6. The highest BCUT2D eigenvalue weighted by Gasteiger charge is 2.13. The lowest BCUT2D eigenvalue weighted by Crippen LogP contribution is -2.22. The van der Waals surface area contributed by atoms with Crippen LogP contribution in [-0.4, -0.2) is 18.0 Å². The van der Waals surface area contributed by atoms with Crippen molar-refractivity contribution in [1.29, 1.82) is 0 Å². The molecule has 0 aliphatic rings. The number of carbonyl (C=O) groups is 1. The first-order valence-corrected chi connectivity index (χ1v) is 11.3. The summed E-state index contributed by atoms with van der Waals surface area (Å²) in [6, 6.07) is 25.1. The Morgan fingerprint density at radius 3 is 2.47 bits per heavy atom. The molecule has 0 spiro atoms. The van der Waals surface area contributed by atoms with Crippen molar-refractivity contribution in [3.05, 3.63) is 101 Å². The van der Waals surface area contributed by atoms with Crippen LogP contribution in [0.4, 0.5) is 0 Å². The summed E-state index contributed by atoms with van der Waals surface area (Å²) in [6.07, 6.45) is 0. The topological polar surface area (TPSA) is 64.4 Å². The van der Waals surface area contributed by atoms with E-state index in [1.54, 1.807) is 31.0 Å². The van der Waals surface area contributed by atoms with Crippen LogP contribution in [0, 0.1) is 6.92 Å². The average molecular weight is 445 g/mol. The molecule has 1 amide bonds. The summed E-state index contributed by atoms with van der Waals surface area (Å²) in [6.45, 7) is 2.32. The number of oxazole rings is 1. The van der Waals surface area contributed by atoms with E-state index in [2.05, 4.69) is 22.4 Å². The zero-order chi connectivity index (χ0) is 22.3. The van der Waals surface area contributed by atoms with E-state index < -0.39 is 0 Å². The summed E-state index contributed by atoms with van der Waals surface area (Å²) < 4.78 is 11.2. The van der Waals surface area contributed by atoms with Gasteiger partial charge in [-0.15, -0.1) is 11.8 Å². The van der Waals surface area contributed by atoms with E-state index in [-0.39, 0.29) is 5.91 Å². The summed E-state index contributed by atoms with van der Waals surface area (Å²) in [5.74, 6) is 2.71. The molecule has 0 radical (unpaired) electrons. The third kappa shape index (κ3) is 5.21. The highest BCUT2D eigenvalue weighted by Crippen LogP contribution is 2.27. The van der Waals surface area contributed by atoms with E-state index in [0.717, 1.165) is 34.1 Å². The van der Waals surface area contributed by atoms with E-state index in [1.165, 1.54) is 4.90 Å². The van der Waals surface area contributed by atoms with E-state index in [9.17, 15) is 4.79 Å². The standard InChI is InChI=1S/C26H24N2O3S/c1-18-23(17-32-22-9-4-3-5-10-22)28-26(31-18)20-14-12-19(13-15-20)25(29)27-16-21-8-6-7-11-24(21)30-2/h3-15H,16-17H2,1-2H3,(H,27,29). The van der Waals surface area contributed by atoms with Crippen molar-refractivity contribution in [3.63, 3.8) is 0 Å². The Hall–Kier alpha value is -3.51. The first kappa shape index (κ1) is 21.7. The number of nitrogens with one attached hydrogen (secondary N) is 1. The molecule has 0 fully saturated rings. The second kappa shape index (κ2) is 10.2. The van der Waals surface area contributed by atoms with Gasteiger partial charge in [0.1, 0.15) is 11.5 Å². The SMILES string of the molecule is COc1ccccc1CNC(=O)c1ccc(-c2nc(CSc3ccccc3)c(C)o2)cc1. The molecule has 0 unspecified atom stereocenters. The fourth-order valence-corrected chi connectivity index (χ4v) is 4.17. The van der Waals surface area contributed by atoms with Crippen LogP contribution in [0.25, 0.3) is 11.5 Å². The van der Waals surface area contributed by atoms with Gasteiger partial charge in [0.05, 0.1) is 12.8 Å². The number of hydrogen-bond donors (Lipinski definition) is 1. The van der Waals surface area contributed by atoms with E-state index in [1.807, 2.05) is 61.5 Å². The normalized spacial score (nSPS) is 10.7. The maximum Gasteiger partial charge on any atom is 0.251 e. The van der Waals surface area contributed by atoms with Crippen molar-refractivity contribution >= 4 is 17.7 Å². The van der Waals surface area contributed by atoms with Crippen molar-refractivity contribution in [2.45, 2.75) is 24.1 Å². The van der Waals surface area contributed by atoms with E-state index in [0.29, 0.717) is 18.0 Å². The third-order valence-electron chi connectivity index (χ3n) is 5.04. The summed E-state index contributed by atoms with van der Waals surface area (Å²) >= 11 is 1.72. The summed E-state index contributed by atoms with van der Waals surface area (Å²) in [7, 11) is 1.62. The molecule has 6 heteroatoms. The van der Waals surface area contributed by atoms with Gasteiger partial charge in [-0.1, -0.05) is 36.4 Å². The Bertz CT molecular complexity index is 1190. The van der Waals surface area contributed by atoms with Crippen LogP contribution < -0.4 is 10.1 Å². The lowest BCUT2D eigenvalue weighted by molar-refractivity contribution is 0.0950. The van der Waals surface area contributed by atoms with Crippen LogP contribution in [0.3, 0.4) is 0 Å². The van der Waals surface area contributed by atoms with Crippen LogP contribution >= 0.6 is 11.8 Å². The van der Waals surface area contributed by atoms with Crippen LogP contribution in [0.2, 0.25) is 0 Å². The molecule has 4 rings (SSSR count). The fraction of sp³-hybridized carbons (Fsp3) is 0.154. The summed E-state index contributed by atoms with van der Waals surface area (Å²) in [4.78, 5) is 18.4. The summed E-state index contributed by atoms with van der Waals surface area (Å²) in [5, 5.41) is 2.93. The molecule has 3 aromatic carbocycles. The predicted octanol–water partition coefficient (Wildman–Crippen LogP) is 5.88. The number of ether oxygens (including phenoxy) is 1. The van der Waals surface area contributed by atoms with Gasteiger partial charge >= 0.3 is 0 Å². The number of hydrogen-bond acceptors (Lipinski definition) is 5. The zero-order valence-corrected chi connectivity index (χ0v) is 18.8. The number of aromatic nitrogens is 1. The maximum atomic E-state index is 12.5. The van der Waals surface area contributed by atoms with Gasteiger partial charge in [0.25, 0.3) is 5.91 Å². The highest BCUT2D eigenvalue weighted by molar-refractivity contribution is 7.98. The zero-order valence-electron chi connectivity index (χ0n) is 18.0. The number of nitrogens with zero attached hydrogens (tertiary/aromatic N) is 1. The molecule has 1 aromatic heterocycles. The fourth-order valence-electron chi connectivity index (χ4n) is 3.24. The molecule has 0 aliphatic carbocycles. The first-order valence-electron chi connectivity index (χ1n) is 10.3. The second-order valence-corrected chi connectivity index (χ2v) is 8.24. The minimum absolute atomic E-state index is 0.147. The Labute approximate surface area is 191 Å². The van der Waals surface area contributed by atoms with Crippen molar-refractivity contribution in [2.75, 3.05) is 7.11 Å². The lowest BCUT2D eigenvalue weighted by atomic mass is 10.1. The molecule has 0 aliphatic heterocycles. The average Bonchev–Trinajstić information content (AvgIpc) is 3.22.